The molecule has 0 saturated carbocycles. The molecule has 0 N–H and O–H groups in total. The third kappa shape index (κ3) is 3.96. The maximum Gasteiger partial charge on any atom is 0.143 e. The average Bonchev–Trinajstić information content (AvgIpc) is 3.47. The Hall–Kier alpha value is -5.28. The van der Waals surface area contributed by atoms with Crippen molar-refractivity contribution in [3.05, 3.63) is 138 Å². The van der Waals surface area contributed by atoms with Gasteiger partial charge in [0.15, 0.2) is 0 Å². The molecule has 210 valence electrons. The van der Waals surface area contributed by atoms with Crippen LogP contribution in [0.4, 0.5) is 5.69 Å². The molecule has 0 saturated heterocycles. The zero-order valence-electron chi connectivity index (χ0n) is 24.5. The van der Waals surface area contributed by atoms with Gasteiger partial charge in [-0.05, 0) is 76.6 Å². The predicted molar refractivity (Wildman–Crippen MR) is 184 cm³/mol. The van der Waals surface area contributed by atoms with E-state index in [4.69, 9.17) is 9.41 Å². The lowest BCUT2D eigenvalue weighted by atomic mass is 9.89. The first-order valence-corrected chi connectivity index (χ1v) is 15.5. The van der Waals surface area contributed by atoms with Gasteiger partial charge in [0.05, 0.1) is 11.2 Å². The molecule has 0 fully saturated rings. The smallest absolute Gasteiger partial charge is 0.143 e. The zero-order chi connectivity index (χ0) is 29.2. The summed E-state index contributed by atoms with van der Waals surface area (Å²) in [5, 5.41) is 5.81. The number of hydrogen-bond donors (Lipinski definition) is 0. The zero-order valence-corrected chi connectivity index (χ0v) is 24.5. The van der Waals surface area contributed by atoms with Crippen LogP contribution in [-0.2, 0) is 6.42 Å². The first kappa shape index (κ1) is 25.2. The SMILES string of the molecule is CC1C=C(c2cc3c4cccc(-c5cccc(C6=Nc7c(ccc8cccnc78)CC6)c5)c4oc3c3ccccc23)C=CC1. The minimum absolute atomic E-state index is 0.529. The largest absolute Gasteiger partial charge is 0.455 e. The molecular weight excluding hydrogens is 536 g/mol. The van der Waals surface area contributed by atoms with Crippen molar-refractivity contribution in [2.45, 2.75) is 26.2 Å². The van der Waals surface area contributed by atoms with E-state index in [0.29, 0.717) is 5.92 Å². The Balaban J connectivity index is 1.21. The molecule has 2 aromatic heterocycles. The van der Waals surface area contributed by atoms with Crippen LogP contribution in [0.25, 0.3) is 60.3 Å². The summed E-state index contributed by atoms with van der Waals surface area (Å²) in [5.74, 6) is 0.529. The van der Waals surface area contributed by atoms with Gasteiger partial charge < -0.3 is 4.42 Å². The van der Waals surface area contributed by atoms with Gasteiger partial charge in [-0.25, -0.2) is 0 Å². The molecule has 3 heteroatoms. The first-order chi connectivity index (χ1) is 21.7. The normalized spacial score (nSPS) is 16.4. The van der Waals surface area contributed by atoms with Crippen molar-refractivity contribution in [2.75, 3.05) is 0 Å². The second kappa shape index (κ2) is 9.89. The van der Waals surface area contributed by atoms with Gasteiger partial charge in [-0.1, -0.05) is 104 Å². The lowest BCUT2D eigenvalue weighted by Crippen LogP contribution is -2.08. The van der Waals surface area contributed by atoms with E-state index in [0.717, 1.165) is 85.6 Å². The topological polar surface area (TPSA) is 38.4 Å². The lowest BCUT2D eigenvalue weighted by molar-refractivity contribution is 0.673. The van der Waals surface area contributed by atoms with Gasteiger partial charge in [-0.2, -0.15) is 0 Å². The maximum atomic E-state index is 6.82. The fraction of sp³-hybridized carbons (Fsp3) is 0.122. The molecule has 9 rings (SSSR count). The van der Waals surface area contributed by atoms with Gasteiger partial charge >= 0.3 is 0 Å². The Morgan fingerprint density at radius 1 is 0.705 bits per heavy atom. The van der Waals surface area contributed by atoms with Crippen molar-refractivity contribution in [2.24, 2.45) is 10.9 Å². The lowest BCUT2D eigenvalue weighted by Gasteiger charge is -2.17. The molecule has 0 radical (unpaired) electrons. The summed E-state index contributed by atoms with van der Waals surface area (Å²) in [4.78, 5) is 9.87. The molecule has 3 nitrogen and oxygen atoms in total. The predicted octanol–water partition coefficient (Wildman–Crippen LogP) is 11.0. The fourth-order valence-corrected chi connectivity index (χ4v) is 7.12. The molecular formula is C41H30N2O. The summed E-state index contributed by atoms with van der Waals surface area (Å²) in [6.07, 6.45) is 11.8. The second-order valence-corrected chi connectivity index (χ2v) is 12.2. The minimum Gasteiger partial charge on any atom is -0.455 e. The highest BCUT2D eigenvalue weighted by molar-refractivity contribution is 6.20. The van der Waals surface area contributed by atoms with Crippen molar-refractivity contribution in [1.82, 2.24) is 4.98 Å². The summed E-state index contributed by atoms with van der Waals surface area (Å²) in [6.45, 7) is 2.29. The Bertz CT molecular complexity index is 2390. The number of para-hydroxylation sites is 1. The summed E-state index contributed by atoms with van der Waals surface area (Å²) in [5.41, 5.74) is 12.2. The van der Waals surface area contributed by atoms with Crippen LogP contribution in [-0.4, -0.2) is 10.7 Å². The summed E-state index contributed by atoms with van der Waals surface area (Å²) >= 11 is 0. The van der Waals surface area contributed by atoms with Gasteiger partial charge in [-0.15, -0.1) is 0 Å². The number of pyridine rings is 1. The minimum atomic E-state index is 0.529. The number of aliphatic imine (C=N–C) groups is 1. The molecule has 7 aromatic rings. The van der Waals surface area contributed by atoms with E-state index in [1.54, 1.807) is 0 Å². The van der Waals surface area contributed by atoms with Crippen LogP contribution < -0.4 is 0 Å². The van der Waals surface area contributed by atoms with Crippen molar-refractivity contribution in [3.63, 3.8) is 0 Å². The number of nitrogens with zero attached hydrogens (tertiary/aromatic N) is 2. The van der Waals surface area contributed by atoms with Gasteiger partial charge in [0.1, 0.15) is 11.2 Å². The fourth-order valence-electron chi connectivity index (χ4n) is 7.12. The van der Waals surface area contributed by atoms with E-state index >= 15 is 0 Å². The molecule has 0 amide bonds. The Morgan fingerprint density at radius 2 is 1.55 bits per heavy atom. The molecule has 3 heterocycles. The molecule has 0 bridgehead atoms. The first-order valence-electron chi connectivity index (χ1n) is 15.5. The van der Waals surface area contributed by atoms with Crippen molar-refractivity contribution < 1.29 is 4.42 Å². The molecule has 1 aliphatic carbocycles. The summed E-state index contributed by atoms with van der Waals surface area (Å²) in [7, 11) is 0. The number of furan rings is 1. The molecule has 1 aliphatic heterocycles. The monoisotopic (exact) mass is 566 g/mol. The Kier molecular flexibility index (Phi) is 5.67. The molecule has 5 aromatic carbocycles. The Labute approximate surface area is 255 Å². The number of allylic oxidation sites excluding steroid dienone is 4. The van der Waals surface area contributed by atoms with E-state index in [2.05, 4.69) is 121 Å². The van der Waals surface area contributed by atoms with Crippen LogP contribution in [0.2, 0.25) is 0 Å². The molecule has 2 aliphatic rings. The third-order valence-electron chi connectivity index (χ3n) is 9.30. The Morgan fingerprint density at radius 3 is 2.48 bits per heavy atom. The van der Waals surface area contributed by atoms with Gasteiger partial charge in [0, 0.05) is 39.0 Å². The highest BCUT2D eigenvalue weighted by Crippen LogP contribution is 2.42. The highest BCUT2D eigenvalue weighted by Gasteiger charge is 2.20. The van der Waals surface area contributed by atoms with Crippen LogP contribution in [0, 0.1) is 5.92 Å². The number of aryl methyl sites for hydroxylation is 1. The van der Waals surface area contributed by atoms with Crippen LogP contribution in [0.15, 0.2) is 131 Å². The molecule has 0 spiro atoms. The third-order valence-corrected chi connectivity index (χ3v) is 9.30. The summed E-state index contributed by atoms with van der Waals surface area (Å²) in [6, 6.07) is 34.7. The van der Waals surface area contributed by atoms with E-state index in [-0.39, 0.29) is 0 Å². The number of benzene rings is 5. The van der Waals surface area contributed by atoms with Crippen LogP contribution in [0.3, 0.4) is 0 Å². The van der Waals surface area contributed by atoms with Crippen LogP contribution >= 0.6 is 0 Å². The van der Waals surface area contributed by atoms with Crippen molar-refractivity contribution in [3.8, 4) is 11.1 Å². The van der Waals surface area contributed by atoms with Gasteiger partial charge in [0.25, 0.3) is 0 Å². The van der Waals surface area contributed by atoms with E-state index in [1.807, 2.05) is 12.3 Å². The van der Waals surface area contributed by atoms with Gasteiger partial charge in [0.2, 0.25) is 0 Å². The van der Waals surface area contributed by atoms with Gasteiger partial charge in [-0.3, -0.25) is 9.98 Å². The molecule has 44 heavy (non-hydrogen) atoms. The van der Waals surface area contributed by atoms with Crippen molar-refractivity contribution in [1.29, 1.82) is 0 Å². The molecule has 1 atom stereocenters. The number of rotatable bonds is 3. The summed E-state index contributed by atoms with van der Waals surface area (Å²) < 4.78 is 6.82. The van der Waals surface area contributed by atoms with Crippen LogP contribution in [0.5, 0.6) is 0 Å². The van der Waals surface area contributed by atoms with E-state index in [1.165, 1.54) is 22.1 Å². The van der Waals surface area contributed by atoms with E-state index < -0.39 is 0 Å². The second-order valence-electron chi connectivity index (χ2n) is 12.2. The maximum absolute atomic E-state index is 6.82. The van der Waals surface area contributed by atoms with Crippen LogP contribution in [0.1, 0.15) is 36.5 Å². The number of fused-ring (bicyclic) bond motifs is 8. The molecule has 1 unspecified atom stereocenters. The quantitative estimate of drug-likeness (QED) is 0.213. The average molecular weight is 567 g/mol. The van der Waals surface area contributed by atoms with Crippen molar-refractivity contribution >= 4 is 60.6 Å². The standard InChI is InChI=1S/C41H30N2O/c1-25-8-4-9-28(22-25)35-24-36-34-16-6-15-31(40(34)44-41(36)33-14-3-2-13-32(33)35)29-10-5-11-30(23-29)37-20-19-27-18-17-26-12-7-21-42-38(26)39(27)43-37/h2-7,9-18,21-25H,8,19-20H2,1H3. The number of aromatic nitrogens is 1. The number of hydrogen-bond acceptors (Lipinski definition) is 3. The van der Waals surface area contributed by atoms with E-state index in [9.17, 15) is 0 Å². The highest BCUT2D eigenvalue weighted by atomic mass is 16.3.